The lowest BCUT2D eigenvalue weighted by atomic mass is 9.96. The predicted molar refractivity (Wildman–Crippen MR) is 124 cm³/mol. The van der Waals surface area contributed by atoms with Gasteiger partial charge >= 0.3 is 0 Å². The fourth-order valence-electron chi connectivity index (χ4n) is 3.17. The minimum atomic E-state index is -0.636. The molecule has 0 fully saturated rings. The number of nitrogens with zero attached hydrogens (tertiary/aromatic N) is 4. The lowest BCUT2D eigenvalue weighted by Gasteiger charge is -2.14. The van der Waals surface area contributed by atoms with Crippen molar-refractivity contribution >= 4 is 23.5 Å². The molecule has 0 aliphatic carbocycles. The molecule has 0 aliphatic heterocycles. The fraction of sp³-hybridized carbons (Fsp3) is 0.0417. The number of amides is 1. The quantitative estimate of drug-likeness (QED) is 0.366. The third kappa shape index (κ3) is 4.53. The van der Waals surface area contributed by atoms with Gasteiger partial charge in [-0.2, -0.15) is 15.5 Å². The van der Waals surface area contributed by atoms with Crippen LogP contribution in [0.15, 0.2) is 88.1 Å². The number of nitriles is 1. The summed E-state index contributed by atoms with van der Waals surface area (Å²) in [6, 6.07) is 24.1. The lowest BCUT2D eigenvalue weighted by Crippen LogP contribution is -2.33. The smallest absolute Gasteiger partial charge is 0.271 e. The first-order chi connectivity index (χ1) is 15.7. The highest BCUT2D eigenvalue weighted by atomic mass is 32.1. The summed E-state index contributed by atoms with van der Waals surface area (Å²) in [7, 11) is 0. The second-order valence-corrected chi connectivity index (χ2v) is 7.69. The molecule has 156 valence electrons. The van der Waals surface area contributed by atoms with E-state index in [0.717, 1.165) is 15.1 Å². The Labute approximate surface area is 187 Å². The van der Waals surface area contributed by atoms with Crippen LogP contribution in [0.1, 0.15) is 10.4 Å². The zero-order valence-electron chi connectivity index (χ0n) is 16.8. The van der Waals surface area contributed by atoms with Crippen LogP contribution in [0.25, 0.3) is 22.4 Å². The van der Waals surface area contributed by atoms with Gasteiger partial charge in [-0.3, -0.25) is 9.59 Å². The van der Waals surface area contributed by atoms with E-state index in [4.69, 9.17) is 0 Å². The average molecular weight is 440 g/mol. The minimum Gasteiger partial charge on any atom is -0.271 e. The van der Waals surface area contributed by atoms with Crippen LogP contribution in [0.3, 0.4) is 0 Å². The van der Waals surface area contributed by atoms with Crippen LogP contribution in [0.4, 0.5) is 0 Å². The maximum absolute atomic E-state index is 13.0. The van der Waals surface area contributed by atoms with Crippen molar-refractivity contribution in [2.24, 2.45) is 5.10 Å². The van der Waals surface area contributed by atoms with E-state index in [-0.39, 0.29) is 12.1 Å². The van der Waals surface area contributed by atoms with E-state index in [1.807, 2.05) is 84.2 Å². The number of thiophene rings is 1. The first kappa shape index (κ1) is 20.9. The summed E-state index contributed by atoms with van der Waals surface area (Å²) in [5, 5.41) is 20.1. The van der Waals surface area contributed by atoms with Crippen molar-refractivity contribution in [2.45, 2.75) is 6.54 Å². The predicted octanol–water partition coefficient (Wildman–Crippen LogP) is 3.66. The summed E-state index contributed by atoms with van der Waals surface area (Å²) < 4.78 is 1.00. The van der Waals surface area contributed by atoms with E-state index in [0.29, 0.717) is 16.8 Å². The number of hydrogen-bond acceptors (Lipinski definition) is 6. The number of carbonyl (C=O) groups is 1. The second-order valence-electron chi connectivity index (χ2n) is 6.71. The van der Waals surface area contributed by atoms with Gasteiger partial charge in [0.05, 0.1) is 6.21 Å². The molecule has 8 heteroatoms. The van der Waals surface area contributed by atoms with Gasteiger partial charge in [0.2, 0.25) is 0 Å². The van der Waals surface area contributed by atoms with Gasteiger partial charge in [0, 0.05) is 16.0 Å². The number of rotatable bonds is 6. The monoisotopic (exact) mass is 439 g/mol. The Morgan fingerprint density at radius 1 is 1.06 bits per heavy atom. The van der Waals surface area contributed by atoms with Crippen molar-refractivity contribution in [3.05, 3.63) is 99.0 Å². The molecule has 0 bridgehead atoms. The molecule has 0 saturated heterocycles. The highest BCUT2D eigenvalue weighted by Gasteiger charge is 2.21. The Hall–Kier alpha value is -4.35. The molecule has 4 rings (SSSR count). The van der Waals surface area contributed by atoms with E-state index in [2.05, 4.69) is 15.6 Å². The molecule has 0 spiro atoms. The van der Waals surface area contributed by atoms with Gasteiger partial charge in [0.1, 0.15) is 23.9 Å². The molecule has 1 N–H and O–H groups in total. The highest BCUT2D eigenvalue weighted by Crippen LogP contribution is 2.31. The summed E-state index contributed by atoms with van der Waals surface area (Å²) in [5.41, 5.74) is 4.01. The van der Waals surface area contributed by atoms with Crippen LogP contribution in [0.2, 0.25) is 0 Å². The normalized spacial score (nSPS) is 10.7. The Kier molecular flexibility index (Phi) is 6.30. The van der Waals surface area contributed by atoms with Gasteiger partial charge in [-0.1, -0.05) is 66.7 Å². The second kappa shape index (κ2) is 9.64. The van der Waals surface area contributed by atoms with Gasteiger partial charge in [-0.15, -0.1) is 11.3 Å². The summed E-state index contributed by atoms with van der Waals surface area (Å²) in [4.78, 5) is 26.3. The summed E-state index contributed by atoms with van der Waals surface area (Å²) in [6.07, 6.45) is 1.52. The van der Waals surface area contributed by atoms with E-state index in [9.17, 15) is 14.9 Å². The van der Waals surface area contributed by atoms with Gasteiger partial charge in [-0.05, 0) is 17.0 Å². The number of benzene rings is 2. The minimum absolute atomic E-state index is 0.0695. The van der Waals surface area contributed by atoms with Crippen molar-refractivity contribution in [3.63, 3.8) is 0 Å². The van der Waals surface area contributed by atoms with Gasteiger partial charge in [-0.25, -0.2) is 10.1 Å². The molecule has 0 unspecified atom stereocenters. The van der Waals surface area contributed by atoms with Crippen LogP contribution < -0.4 is 11.0 Å². The molecule has 4 aromatic rings. The Bertz CT molecular complexity index is 1360. The zero-order chi connectivity index (χ0) is 22.3. The Balaban J connectivity index is 1.75. The number of carbonyl (C=O) groups excluding carboxylic acids is 1. The molecule has 2 aromatic heterocycles. The largest absolute Gasteiger partial charge is 0.285 e. The molecular weight excluding hydrogens is 422 g/mol. The van der Waals surface area contributed by atoms with E-state index >= 15 is 0 Å². The third-order valence-corrected chi connectivity index (χ3v) is 5.40. The third-order valence-electron chi connectivity index (χ3n) is 4.59. The Morgan fingerprint density at radius 2 is 1.75 bits per heavy atom. The van der Waals surface area contributed by atoms with Crippen molar-refractivity contribution < 1.29 is 4.79 Å². The molecule has 0 radical (unpaired) electrons. The number of hydrazone groups is 1. The summed E-state index contributed by atoms with van der Waals surface area (Å²) >= 11 is 1.48. The molecule has 2 heterocycles. The first-order valence-corrected chi connectivity index (χ1v) is 10.6. The molecule has 0 aliphatic rings. The molecule has 7 nitrogen and oxygen atoms in total. The Morgan fingerprint density at radius 3 is 2.38 bits per heavy atom. The topological polar surface area (TPSA) is 100 Å². The van der Waals surface area contributed by atoms with Gasteiger partial charge in [0.15, 0.2) is 0 Å². The SMILES string of the molecule is N#Cc1c(-c2ccccc2)c(-c2ccccc2)nn(CC(=O)NN=Cc2cccs2)c1=O. The van der Waals surface area contributed by atoms with E-state index < -0.39 is 11.5 Å². The van der Waals surface area contributed by atoms with Gasteiger partial charge in [0.25, 0.3) is 11.5 Å². The number of aromatic nitrogens is 2. The summed E-state index contributed by atoms with van der Waals surface area (Å²) in [5.74, 6) is -0.525. The standard InChI is InChI=1S/C24H17N5O2S/c25-14-20-22(17-8-3-1-4-9-17)23(18-10-5-2-6-11-18)28-29(24(20)31)16-21(30)27-26-15-19-12-7-13-32-19/h1-13,15H,16H2,(H,27,30). The van der Waals surface area contributed by atoms with Crippen molar-refractivity contribution in [1.29, 1.82) is 5.26 Å². The van der Waals surface area contributed by atoms with Crippen LogP contribution in [-0.4, -0.2) is 21.9 Å². The highest BCUT2D eigenvalue weighted by molar-refractivity contribution is 7.11. The van der Waals surface area contributed by atoms with Crippen LogP contribution in [-0.2, 0) is 11.3 Å². The molecule has 2 aromatic carbocycles. The fourth-order valence-corrected chi connectivity index (χ4v) is 3.75. The summed E-state index contributed by atoms with van der Waals surface area (Å²) in [6.45, 7) is -0.371. The van der Waals surface area contributed by atoms with Gasteiger partial charge < -0.3 is 0 Å². The maximum atomic E-state index is 13.0. The average Bonchev–Trinajstić information content (AvgIpc) is 3.34. The maximum Gasteiger partial charge on any atom is 0.285 e. The number of hydrogen-bond donors (Lipinski definition) is 1. The first-order valence-electron chi connectivity index (χ1n) is 9.69. The lowest BCUT2D eigenvalue weighted by molar-refractivity contribution is -0.121. The molecule has 1 amide bonds. The molecule has 0 atom stereocenters. The molecular formula is C24H17N5O2S. The van der Waals surface area contributed by atoms with E-state index in [1.165, 1.54) is 17.6 Å². The molecule has 32 heavy (non-hydrogen) atoms. The van der Waals surface area contributed by atoms with Crippen molar-refractivity contribution in [2.75, 3.05) is 0 Å². The van der Waals surface area contributed by atoms with Crippen molar-refractivity contribution in [3.8, 4) is 28.5 Å². The van der Waals surface area contributed by atoms with E-state index in [1.54, 1.807) is 0 Å². The number of nitrogens with one attached hydrogen (secondary N) is 1. The van der Waals surface area contributed by atoms with Crippen LogP contribution in [0.5, 0.6) is 0 Å². The zero-order valence-corrected chi connectivity index (χ0v) is 17.6. The van der Waals surface area contributed by atoms with Crippen molar-refractivity contribution in [1.82, 2.24) is 15.2 Å². The molecule has 0 saturated carbocycles. The van der Waals surface area contributed by atoms with Crippen LogP contribution in [0, 0.1) is 11.3 Å². The van der Waals surface area contributed by atoms with Crippen LogP contribution >= 0.6 is 11.3 Å².